The number of anilines is 1. The van der Waals surface area contributed by atoms with Crippen molar-refractivity contribution in [3.05, 3.63) is 64.7 Å². The minimum Gasteiger partial charge on any atom is -0.382 e. The van der Waals surface area contributed by atoms with E-state index in [1.165, 1.54) is 6.92 Å². The molecule has 0 fully saturated rings. The van der Waals surface area contributed by atoms with Gasteiger partial charge in [-0.2, -0.15) is 0 Å². The zero-order valence-corrected chi connectivity index (χ0v) is 17.8. The molecular weight excluding hydrogens is 406 g/mol. The fourth-order valence-corrected chi connectivity index (χ4v) is 2.84. The van der Waals surface area contributed by atoms with Gasteiger partial charge in [-0.3, -0.25) is 14.4 Å². The van der Waals surface area contributed by atoms with E-state index in [9.17, 15) is 14.4 Å². The number of ether oxygens (including phenoxy) is 1. The minimum absolute atomic E-state index is 0.198. The van der Waals surface area contributed by atoms with Crippen LogP contribution in [0.2, 0.25) is 5.02 Å². The van der Waals surface area contributed by atoms with Crippen LogP contribution < -0.4 is 16.0 Å². The molecule has 30 heavy (non-hydrogen) atoms. The molecule has 0 aliphatic carbocycles. The molecule has 2 aromatic carbocycles. The second kappa shape index (κ2) is 11.9. The fourth-order valence-electron chi connectivity index (χ4n) is 2.71. The summed E-state index contributed by atoms with van der Waals surface area (Å²) in [6.45, 7) is 4.93. The fraction of sp³-hybridized carbons (Fsp3) is 0.318. The van der Waals surface area contributed by atoms with Gasteiger partial charge in [0.25, 0.3) is 5.91 Å². The molecule has 0 saturated carbocycles. The van der Waals surface area contributed by atoms with Crippen LogP contribution in [0.4, 0.5) is 5.69 Å². The van der Waals surface area contributed by atoms with Gasteiger partial charge in [-0.1, -0.05) is 23.7 Å². The summed E-state index contributed by atoms with van der Waals surface area (Å²) in [5, 5.41) is 8.77. The number of halogens is 1. The van der Waals surface area contributed by atoms with Crippen molar-refractivity contribution in [1.82, 2.24) is 10.6 Å². The Bertz CT molecular complexity index is 854. The molecule has 0 spiro atoms. The molecule has 3 N–H and O–H groups in total. The van der Waals surface area contributed by atoms with Gasteiger partial charge in [0.05, 0.1) is 0 Å². The normalized spacial score (nSPS) is 11.4. The highest BCUT2D eigenvalue weighted by Gasteiger charge is 2.23. The van der Waals surface area contributed by atoms with E-state index in [-0.39, 0.29) is 11.8 Å². The van der Waals surface area contributed by atoms with Crippen LogP contribution in [-0.4, -0.2) is 37.5 Å². The maximum absolute atomic E-state index is 12.8. The molecule has 8 heteroatoms. The Labute approximate surface area is 181 Å². The van der Waals surface area contributed by atoms with Crippen LogP contribution in [0.1, 0.15) is 42.2 Å². The SMILES string of the molecule is CCOCCCNC(=O)[C@H](NC(=O)c1ccc(NC(C)=O)cc1)c1ccc(Cl)cc1. The molecule has 0 aliphatic rings. The molecule has 7 nitrogen and oxygen atoms in total. The van der Waals surface area contributed by atoms with Gasteiger partial charge in [0.1, 0.15) is 6.04 Å². The Hall–Kier alpha value is -2.90. The topological polar surface area (TPSA) is 96.5 Å². The molecule has 2 aromatic rings. The van der Waals surface area contributed by atoms with Gasteiger partial charge in [0.15, 0.2) is 0 Å². The highest BCUT2D eigenvalue weighted by molar-refractivity contribution is 6.30. The van der Waals surface area contributed by atoms with Gasteiger partial charge < -0.3 is 20.7 Å². The number of amides is 3. The molecule has 2 rings (SSSR count). The first-order valence-corrected chi connectivity index (χ1v) is 10.1. The van der Waals surface area contributed by atoms with Crippen LogP contribution in [0.5, 0.6) is 0 Å². The number of benzene rings is 2. The summed E-state index contributed by atoms with van der Waals surface area (Å²) >= 11 is 5.95. The maximum atomic E-state index is 12.8. The average molecular weight is 432 g/mol. The highest BCUT2D eigenvalue weighted by atomic mass is 35.5. The second-order valence-corrected chi connectivity index (χ2v) is 6.99. The first kappa shape index (κ1) is 23.4. The lowest BCUT2D eigenvalue weighted by Crippen LogP contribution is -2.40. The van der Waals surface area contributed by atoms with Crippen molar-refractivity contribution in [3.8, 4) is 0 Å². The van der Waals surface area contributed by atoms with Crippen molar-refractivity contribution in [2.24, 2.45) is 0 Å². The maximum Gasteiger partial charge on any atom is 0.252 e. The lowest BCUT2D eigenvalue weighted by Gasteiger charge is -2.19. The molecule has 0 saturated heterocycles. The van der Waals surface area contributed by atoms with E-state index in [0.717, 1.165) is 0 Å². The Morgan fingerprint density at radius 3 is 2.30 bits per heavy atom. The highest BCUT2D eigenvalue weighted by Crippen LogP contribution is 2.18. The summed E-state index contributed by atoms with van der Waals surface area (Å²) in [6, 6.07) is 12.3. The van der Waals surface area contributed by atoms with Crippen LogP contribution in [0.3, 0.4) is 0 Å². The number of carbonyl (C=O) groups is 3. The third-order valence-corrected chi connectivity index (χ3v) is 4.43. The van der Waals surface area contributed by atoms with Crippen molar-refractivity contribution in [3.63, 3.8) is 0 Å². The molecule has 3 amide bonds. The number of hydrogen-bond donors (Lipinski definition) is 3. The molecular formula is C22H26ClN3O4. The van der Waals surface area contributed by atoms with Gasteiger partial charge in [0, 0.05) is 43.0 Å². The van der Waals surface area contributed by atoms with E-state index in [4.69, 9.17) is 16.3 Å². The summed E-state index contributed by atoms with van der Waals surface area (Å²) < 4.78 is 5.27. The molecule has 160 valence electrons. The summed E-state index contributed by atoms with van der Waals surface area (Å²) in [5.41, 5.74) is 1.57. The van der Waals surface area contributed by atoms with Crippen LogP contribution in [-0.2, 0) is 14.3 Å². The molecule has 0 radical (unpaired) electrons. The molecule has 0 bridgehead atoms. The van der Waals surface area contributed by atoms with Crippen LogP contribution >= 0.6 is 11.6 Å². The standard InChI is InChI=1S/C22H26ClN3O4/c1-3-30-14-4-13-24-22(29)20(16-5-9-18(23)10-6-16)26-21(28)17-7-11-19(12-8-17)25-15(2)27/h5-12,20H,3-4,13-14H2,1-2H3,(H,24,29)(H,25,27)(H,26,28)/t20-/m1/s1. The zero-order valence-electron chi connectivity index (χ0n) is 17.0. The monoisotopic (exact) mass is 431 g/mol. The molecule has 0 aromatic heterocycles. The summed E-state index contributed by atoms with van der Waals surface area (Å²) in [5.74, 6) is -0.929. The van der Waals surface area contributed by atoms with Crippen LogP contribution in [0.25, 0.3) is 0 Å². The zero-order chi connectivity index (χ0) is 21.9. The lowest BCUT2D eigenvalue weighted by atomic mass is 10.1. The third kappa shape index (κ3) is 7.50. The number of rotatable bonds is 10. The Morgan fingerprint density at radius 1 is 1.03 bits per heavy atom. The molecule has 0 unspecified atom stereocenters. The number of nitrogens with one attached hydrogen (secondary N) is 3. The Morgan fingerprint density at radius 2 is 1.70 bits per heavy atom. The first-order chi connectivity index (χ1) is 14.4. The van der Waals surface area contributed by atoms with Gasteiger partial charge in [-0.05, 0) is 55.3 Å². The van der Waals surface area contributed by atoms with E-state index in [1.807, 2.05) is 6.92 Å². The van der Waals surface area contributed by atoms with Crippen LogP contribution in [0, 0.1) is 0 Å². The van der Waals surface area contributed by atoms with Crippen molar-refractivity contribution in [1.29, 1.82) is 0 Å². The van der Waals surface area contributed by atoms with Gasteiger partial charge in [-0.25, -0.2) is 0 Å². The van der Waals surface area contributed by atoms with E-state index in [1.54, 1.807) is 48.5 Å². The Kier molecular flexibility index (Phi) is 9.31. The molecule has 1 atom stereocenters. The Balaban J connectivity index is 2.09. The van der Waals surface area contributed by atoms with E-state index < -0.39 is 11.9 Å². The summed E-state index contributed by atoms with van der Waals surface area (Å²) in [6.07, 6.45) is 0.672. The smallest absolute Gasteiger partial charge is 0.252 e. The second-order valence-electron chi connectivity index (χ2n) is 6.56. The number of hydrogen-bond acceptors (Lipinski definition) is 4. The van der Waals surface area contributed by atoms with Crippen molar-refractivity contribution < 1.29 is 19.1 Å². The average Bonchev–Trinajstić information content (AvgIpc) is 2.72. The van der Waals surface area contributed by atoms with E-state index in [0.29, 0.717) is 48.0 Å². The molecule has 0 heterocycles. The third-order valence-electron chi connectivity index (χ3n) is 4.18. The summed E-state index contributed by atoms with van der Waals surface area (Å²) in [7, 11) is 0. The van der Waals surface area contributed by atoms with Gasteiger partial charge in [-0.15, -0.1) is 0 Å². The first-order valence-electron chi connectivity index (χ1n) is 9.70. The predicted octanol–water partition coefficient (Wildman–Crippen LogP) is 3.31. The van der Waals surface area contributed by atoms with Crippen molar-refractivity contribution in [2.45, 2.75) is 26.3 Å². The van der Waals surface area contributed by atoms with Gasteiger partial charge >= 0.3 is 0 Å². The largest absolute Gasteiger partial charge is 0.382 e. The predicted molar refractivity (Wildman–Crippen MR) is 117 cm³/mol. The number of carbonyl (C=O) groups excluding carboxylic acids is 3. The van der Waals surface area contributed by atoms with Crippen LogP contribution in [0.15, 0.2) is 48.5 Å². The van der Waals surface area contributed by atoms with Crippen molar-refractivity contribution >= 4 is 35.0 Å². The minimum atomic E-state index is -0.878. The van der Waals surface area contributed by atoms with E-state index in [2.05, 4.69) is 16.0 Å². The van der Waals surface area contributed by atoms with Crippen molar-refractivity contribution in [2.75, 3.05) is 25.1 Å². The lowest BCUT2D eigenvalue weighted by molar-refractivity contribution is -0.123. The van der Waals surface area contributed by atoms with E-state index >= 15 is 0 Å². The quantitative estimate of drug-likeness (QED) is 0.503. The summed E-state index contributed by atoms with van der Waals surface area (Å²) in [4.78, 5) is 36.6. The van der Waals surface area contributed by atoms with Gasteiger partial charge in [0.2, 0.25) is 11.8 Å². The molecule has 0 aliphatic heterocycles.